The Morgan fingerprint density at radius 1 is 1.48 bits per heavy atom. The third-order valence-electron chi connectivity index (χ3n) is 2.71. The highest BCUT2D eigenvalue weighted by atomic mass is 35.5. The average Bonchev–Trinajstić information content (AvgIpc) is 2.91. The molecule has 0 fully saturated rings. The van der Waals surface area contributed by atoms with Gasteiger partial charge in [0.25, 0.3) is 0 Å². The highest BCUT2D eigenvalue weighted by Gasteiger charge is 2.18. The van der Waals surface area contributed by atoms with Crippen LogP contribution >= 0.6 is 35.0 Å². The number of carbonyl (C=O) groups excluding carboxylic acids is 1. The molecule has 1 heterocycles. The van der Waals surface area contributed by atoms with Crippen molar-refractivity contribution >= 4 is 46.6 Å². The lowest BCUT2D eigenvalue weighted by Crippen LogP contribution is -2.22. The third kappa shape index (κ3) is 4.12. The van der Waals surface area contributed by atoms with E-state index in [9.17, 15) is 4.79 Å². The summed E-state index contributed by atoms with van der Waals surface area (Å²) >= 11 is 13.2. The van der Waals surface area contributed by atoms with Gasteiger partial charge >= 0.3 is 0 Å². The summed E-state index contributed by atoms with van der Waals surface area (Å²) in [6, 6.07) is 5.09. The fourth-order valence-corrected chi connectivity index (χ4v) is 2.63. The van der Waals surface area contributed by atoms with Crippen molar-refractivity contribution in [2.75, 3.05) is 5.32 Å². The van der Waals surface area contributed by atoms with Gasteiger partial charge in [-0.1, -0.05) is 48.0 Å². The van der Waals surface area contributed by atoms with E-state index in [1.807, 2.05) is 6.92 Å². The van der Waals surface area contributed by atoms with Crippen molar-refractivity contribution in [3.8, 4) is 0 Å². The van der Waals surface area contributed by atoms with Gasteiger partial charge in [-0.25, -0.2) is 4.98 Å². The van der Waals surface area contributed by atoms with Crippen LogP contribution in [-0.4, -0.2) is 26.3 Å². The largest absolute Gasteiger partial charge is 0.324 e. The number of carbonyl (C=O) groups is 1. The summed E-state index contributed by atoms with van der Waals surface area (Å²) in [7, 11) is 0. The zero-order valence-corrected chi connectivity index (χ0v) is 13.8. The highest BCUT2D eigenvalue weighted by Crippen LogP contribution is 2.30. The zero-order chi connectivity index (χ0) is 15.4. The summed E-state index contributed by atoms with van der Waals surface area (Å²) in [5, 5.41) is 10.5. The molecule has 1 amide bonds. The first-order valence-corrected chi connectivity index (χ1v) is 7.97. The molecule has 0 bridgehead atoms. The predicted molar refractivity (Wildman–Crippen MR) is 86.2 cm³/mol. The number of amides is 1. The minimum absolute atomic E-state index is 0.188. The lowest BCUT2D eigenvalue weighted by Gasteiger charge is -2.11. The number of aromatic amines is 1. The van der Waals surface area contributed by atoms with E-state index in [-0.39, 0.29) is 11.2 Å². The van der Waals surface area contributed by atoms with E-state index in [1.54, 1.807) is 25.1 Å². The molecule has 0 saturated heterocycles. The van der Waals surface area contributed by atoms with Crippen molar-refractivity contribution in [1.82, 2.24) is 15.2 Å². The number of anilines is 1. The molecule has 0 aliphatic heterocycles. The maximum atomic E-state index is 12.2. The van der Waals surface area contributed by atoms with E-state index in [2.05, 4.69) is 20.5 Å². The second kappa shape index (κ2) is 7.15. The first-order valence-electron chi connectivity index (χ1n) is 6.34. The molecule has 2 rings (SSSR count). The average molecular weight is 345 g/mol. The van der Waals surface area contributed by atoms with Gasteiger partial charge in [0.1, 0.15) is 5.82 Å². The first-order chi connectivity index (χ1) is 10.0. The first kappa shape index (κ1) is 16.1. The zero-order valence-electron chi connectivity index (χ0n) is 11.5. The lowest BCUT2D eigenvalue weighted by molar-refractivity contribution is -0.115. The van der Waals surface area contributed by atoms with Crippen molar-refractivity contribution in [1.29, 1.82) is 0 Å². The molecule has 1 aromatic carbocycles. The number of benzene rings is 1. The van der Waals surface area contributed by atoms with Crippen LogP contribution in [0.25, 0.3) is 0 Å². The Labute approximate surface area is 136 Å². The van der Waals surface area contributed by atoms with Crippen molar-refractivity contribution in [2.45, 2.75) is 30.7 Å². The van der Waals surface area contributed by atoms with Gasteiger partial charge in [0.05, 0.1) is 21.0 Å². The van der Waals surface area contributed by atoms with Gasteiger partial charge < -0.3 is 5.32 Å². The van der Waals surface area contributed by atoms with Gasteiger partial charge in [-0.15, -0.1) is 5.10 Å². The molecule has 8 heteroatoms. The molecule has 1 aromatic heterocycles. The summed E-state index contributed by atoms with van der Waals surface area (Å²) in [6.07, 6.45) is 0.770. The van der Waals surface area contributed by atoms with Crippen LogP contribution in [0.4, 0.5) is 5.69 Å². The number of rotatable bonds is 5. The quantitative estimate of drug-likeness (QED) is 0.809. The molecule has 0 aliphatic carbocycles. The predicted octanol–water partition coefficient (Wildman–Crippen LogP) is 3.79. The van der Waals surface area contributed by atoms with E-state index >= 15 is 0 Å². The second-order valence-electron chi connectivity index (χ2n) is 4.27. The van der Waals surface area contributed by atoms with Crippen LogP contribution in [0.3, 0.4) is 0 Å². The van der Waals surface area contributed by atoms with E-state index < -0.39 is 0 Å². The van der Waals surface area contributed by atoms with Gasteiger partial charge in [0, 0.05) is 6.42 Å². The topological polar surface area (TPSA) is 70.7 Å². The number of thioether (sulfide) groups is 1. The van der Waals surface area contributed by atoms with E-state index in [0.29, 0.717) is 20.9 Å². The molecule has 2 aromatic rings. The molecular weight excluding hydrogens is 331 g/mol. The van der Waals surface area contributed by atoms with E-state index in [4.69, 9.17) is 23.2 Å². The van der Waals surface area contributed by atoms with Crippen molar-refractivity contribution in [3.05, 3.63) is 34.1 Å². The minimum Gasteiger partial charge on any atom is -0.324 e. The van der Waals surface area contributed by atoms with Gasteiger partial charge in [-0.3, -0.25) is 9.89 Å². The van der Waals surface area contributed by atoms with Crippen LogP contribution in [0, 0.1) is 0 Å². The summed E-state index contributed by atoms with van der Waals surface area (Å²) in [5.41, 5.74) is 0.492. The third-order valence-corrected chi connectivity index (χ3v) is 4.49. The van der Waals surface area contributed by atoms with Crippen molar-refractivity contribution in [3.63, 3.8) is 0 Å². The molecule has 2 N–H and O–H groups in total. The summed E-state index contributed by atoms with van der Waals surface area (Å²) in [5.74, 6) is 0.606. The number of hydrogen-bond acceptors (Lipinski definition) is 4. The van der Waals surface area contributed by atoms with Gasteiger partial charge in [-0.2, -0.15) is 0 Å². The molecule has 0 aliphatic rings. The normalized spacial score (nSPS) is 12.2. The van der Waals surface area contributed by atoms with Crippen LogP contribution in [-0.2, 0) is 11.2 Å². The molecule has 112 valence electrons. The number of halogens is 2. The van der Waals surface area contributed by atoms with E-state index in [0.717, 1.165) is 12.2 Å². The number of nitrogens with one attached hydrogen (secondary N) is 2. The van der Waals surface area contributed by atoms with Crippen molar-refractivity contribution < 1.29 is 4.79 Å². The maximum absolute atomic E-state index is 12.2. The highest BCUT2D eigenvalue weighted by molar-refractivity contribution is 8.00. The Hall–Kier alpha value is -1.24. The number of aromatic nitrogens is 3. The summed E-state index contributed by atoms with van der Waals surface area (Å²) in [6.45, 7) is 3.76. The van der Waals surface area contributed by atoms with Gasteiger partial charge in [-0.05, 0) is 19.1 Å². The van der Waals surface area contributed by atoms with E-state index in [1.165, 1.54) is 11.8 Å². The fourth-order valence-electron chi connectivity index (χ4n) is 1.53. The van der Waals surface area contributed by atoms with Gasteiger partial charge in [0.15, 0.2) is 0 Å². The van der Waals surface area contributed by atoms with Crippen LogP contribution < -0.4 is 5.32 Å². The monoisotopic (exact) mass is 344 g/mol. The molecule has 0 spiro atoms. The standard InChI is InChI=1S/C13H14Cl2N4OS/c1-3-10-17-13(19-18-10)21-7(2)12(20)16-9-6-4-5-8(14)11(9)15/h4-7H,3H2,1-2H3,(H,16,20)(H,17,18,19). The Balaban J connectivity index is 2.00. The number of H-pyrrole nitrogens is 1. The number of hydrogen-bond donors (Lipinski definition) is 2. The molecule has 0 saturated carbocycles. The van der Waals surface area contributed by atoms with Crippen molar-refractivity contribution in [2.24, 2.45) is 0 Å². The minimum atomic E-state index is -0.361. The summed E-state index contributed by atoms with van der Waals surface area (Å²) in [4.78, 5) is 16.4. The van der Waals surface area contributed by atoms with Crippen LogP contribution in [0.1, 0.15) is 19.7 Å². The Morgan fingerprint density at radius 3 is 2.90 bits per heavy atom. The molecule has 1 atom stereocenters. The molecule has 21 heavy (non-hydrogen) atoms. The molecule has 1 unspecified atom stereocenters. The molecular formula is C13H14Cl2N4OS. The van der Waals surface area contributed by atoms with Crippen LogP contribution in [0.15, 0.2) is 23.4 Å². The molecule has 5 nitrogen and oxygen atoms in total. The van der Waals surface area contributed by atoms with Crippen LogP contribution in [0.5, 0.6) is 0 Å². The Morgan fingerprint density at radius 2 is 2.24 bits per heavy atom. The fraction of sp³-hybridized carbons (Fsp3) is 0.308. The SMILES string of the molecule is CCc1nc(SC(C)C(=O)Nc2cccc(Cl)c2Cl)n[nH]1. The smallest absolute Gasteiger partial charge is 0.237 e. The maximum Gasteiger partial charge on any atom is 0.237 e. The Bertz CT molecular complexity index is 647. The Kier molecular flexibility index (Phi) is 5.50. The lowest BCUT2D eigenvalue weighted by atomic mass is 10.3. The van der Waals surface area contributed by atoms with Crippen LogP contribution in [0.2, 0.25) is 10.0 Å². The second-order valence-corrected chi connectivity index (χ2v) is 6.36. The number of nitrogens with zero attached hydrogens (tertiary/aromatic N) is 2. The summed E-state index contributed by atoms with van der Waals surface area (Å²) < 4.78 is 0. The molecule has 0 radical (unpaired) electrons. The number of aryl methyl sites for hydroxylation is 1. The van der Waals surface area contributed by atoms with Gasteiger partial charge in [0.2, 0.25) is 11.1 Å².